The van der Waals surface area contributed by atoms with Crippen LogP contribution in [0.1, 0.15) is 35.0 Å². The number of aromatic nitrogens is 1. The Balaban J connectivity index is 1.77. The minimum atomic E-state index is -0.207. The fourth-order valence-electron chi connectivity index (χ4n) is 3.17. The van der Waals surface area contributed by atoms with Crippen LogP contribution in [0.25, 0.3) is 11.3 Å². The summed E-state index contributed by atoms with van der Waals surface area (Å²) >= 11 is 0. The average molecular weight is 394 g/mol. The van der Waals surface area contributed by atoms with Gasteiger partial charge in [-0.05, 0) is 44.4 Å². The van der Waals surface area contributed by atoms with Gasteiger partial charge in [-0.2, -0.15) is 0 Å². The molecule has 1 aromatic heterocycles. The van der Waals surface area contributed by atoms with Crippen molar-refractivity contribution >= 4 is 5.91 Å². The van der Waals surface area contributed by atoms with Crippen molar-refractivity contribution in [3.63, 3.8) is 0 Å². The third-order valence-corrected chi connectivity index (χ3v) is 4.79. The molecule has 0 saturated heterocycles. The van der Waals surface area contributed by atoms with Gasteiger partial charge in [0.1, 0.15) is 17.1 Å². The molecule has 152 valence electrons. The largest absolute Gasteiger partial charge is 0.497 e. The van der Waals surface area contributed by atoms with Crippen molar-refractivity contribution in [1.29, 1.82) is 0 Å². The van der Waals surface area contributed by atoms with Gasteiger partial charge in [0.15, 0.2) is 5.76 Å². The van der Waals surface area contributed by atoms with Gasteiger partial charge in [-0.15, -0.1) is 0 Å². The van der Waals surface area contributed by atoms with Crippen molar-refractivity contribution < 1.29 is 18.8 Å². The predicted molar refractivity (Wildman–Crippen MR) is 111 cm³/mol. The maximum Gasteiger partial charge on any atom is 0.257 e. The number of hydrogen-bond acceptors (Lipinski definition) is 5. The molecule has 0 aliphatic rings. The van der Waals surface area contributed by atoms with E-state index in [0.29, 0.717) is 34.1 Å². The number of aryl methyl sites for hydroxylation is 2. The van der Waals surface area contributed by atoms with Crippen LogP contribution in [-0.4, -0.2) is 31.3 Å². The fraction of sp³-hybridized carbons (Fsp3) is 0.304. The predicted octanol–water partition coefficient (Wildman–Crippen LogP) is 4.42. The van der Waals surface area contributed by atoms with Gasteiger partial charge >= 0.3 is 0 Å². The Hall–Kier alpha value is -3.28. The number of nitrogens with one attached hydrogen (secondary N) is 1. The molecule has 1 N–H and O–H groups in total. The highest BCUT2D eigenvalue weighted by Gasteiger charge is 2.23. The zero-order valence-electron chi connectivity index (χ0n) is 17.2. The number of rotatable bonds is 8. The molecule has 1 amide bonds. The Kier molecular flexibility index (Phi) is 6.54. The molecule has 6 nitrogen and oxygen atoms in total. The van der Waals surface area contributed by atoms with Gasteiger partial charge in [0, 0.05) is 17.7 Å². The van der Waals surface area contributed by atoms with Crippen molar-refractivity contribution in [1.82, 2.24) is 10.5 Å². The highest BCUT2D eigenvalue weighted by molar-refractivity contribution is 6.00. The van der Waals surface area contributed by atoms with E-state index in [2.05, 4.69) is 22.6 Å². The standard InChI is InChI=1S/C23H26N2O4/c1-15(10-11-17-8-6-5-7-9-17)24-23(26)21-16(2)25-29-22(21)18-12-19(27-3)14-20(13-18)28-4/h5-9,12-15H,10-11H2,1-4H3,(H,24,26)/t15-/m1/s1. The molecule has 0 aliphatic heterocycles. The average Bonchev–Trinajstić information content (AvgIpc) is 3.14. The number of benzene rings is 2. The summed E-state index contributed by atoms with van der Waals surface area (Å²) in [4.78, 5) is 13.0. The maximum atomic E-state index is 13.0. The summed E-state index contributed by atoms with van der Waals surface area (Å²) in [5.74, 6) is 1.40. The molecule has 29 heavy (non-hydrogen) atoms. The van der Waals surface area contributed by atoms with Gasteiger partial charge in [0.25, 0.3) is 5.91 Å². The summed E-state index contributed by atoms with van der Waals surface area (Å²) in [5, 5.41) is 7.07. The molecule has 6 heteroatoms. The first kappa shape index (κ1) is 20.5. The van der Waals surface area contributed by atoms with E-state index in [0.717, 1.165) is 12.8 Å². The quantitative estimate of drug-likeness (QED) is 0.612. The molecule has 1 atom stereocenters. The Morgan fingerprint density at radius 2 is 1.76 bits per heavy atom. The molecule has 0 fully saturated rings. The lowest BCUT2D eigenvalue weighted by molar-refractivity contribution is 0.0938. The molecular formula is C23H26N2O4. The zero-order valence-corrected chi connectivity index (χ0v) is 17.2. The second-order valence-corrected chi connectivity index (χ2v) is 6.97. The van der Waals surface area contributed by atoms with Crippen LogP contribution in [0.3, 0.4) is 0 Å². The number of ether oxygens (including phenoxy) is 2. The molecule has 0 unspecified atom stereocenters. The summed E-state index contributed by atoms with van der Waals surface area (Å²) in [6.45, 7) is 3.76. The lowest BCUT2D eigenvalue weighted by Gasteiger charge is -2.14. The zero-order chi connectivity index (χ0) is 20.8. The van der Waals surface area contributed by atoms with Crippen molar-refractivity contribution in [3.05, 3.63) is 65.4 Å². The lowest BCUT2D eigenvalue weighted by Crippen LogP contribution is -2.33. The van der Waals surface area contributed by atoms with Crippen molar-refractivity contribution in [2.45, 2.75) is 32.7 Å². The van der Waals surface area contributed by atoms with E-state index in [1.807, 2.05) is 25.1 Å². The number of carbonyl (C=O) groups is 1. The number of nitrogens with zero attached hydrogens (tertiary/aromatic N) is 1. The summed E-state index contributed by atoms with van der Waals surface area (Å²) in [7, 11) is 3.15. The Morgan fingerprint density at radius 3 is 2.38 bits per heavy atom. The minimum Gasteiger partial charge on any atom is -0.497 e. The summed E-state index contributed by atoms with van der Waals surface area (Å²) in [6.07, 6.45) is 1.73. The van der Waals surface area contributed by atoms with Crippen LogP contribution in [-0.2, 0) is 6.42 Å². The van der Waals surface area contributed by atoms with E-state index >= 15 is 0 Å². The van der Waals surface area contributed by atoms with Crippen LogP contribution in [0, 0.1) is 6.92 Å². The summed E-state index contributed by atoms with van der Waals surface area (Å²) < 4.78 is 16.1. The van der Waals surface area contributed by atoms with E-state index in [4.69, 9.17) is 14.0 Å². The monoisotopic (exact) mass is 394 g/mol. The van der Waals surface area contributed by atoms with Crippen molar-refractivity contribution in [2.75, 3.05) is 14.2 Å². The van der Waals surface area contributed by atoms with Crippen LogP contribution in [0.15, 0.2) is 53.1 Å². The molecule has 2 aromatic carbocycles. The van der Waals surface area contributed by atoms with Crippen LogP contribution in [0.2, 0.25) is 0 Å². The highest BCUT2D eigenvalue weighted by Crippen LogP contribution is 2.33. The van der Waals surface area contributed by atoms with E-state index in [-0.39, 0.29) is 11.9 Å². The second kappa shape index (κ2) is 9.28. The molecular weight excluding hydrogens is 368 g/mol. The van der Waals surface area contributed by atoms with Crippen molar-refractivity contribution in [3.8, 4) is 22.8 Å². The van der Waals surface area contributed by atoms with Gasteiger partial charge in [-0.3, -0.25) is 4.79 Å². The van der Waals surface area contributed by atoms with Crippen LogP contribution < -0.4 is 14.8 Å². The molecule has 0 bridgehead atoms. The normalized spacial score (nSPS) is 11.7. The third-order valence-electron chi connectivity index (χ3n) is 4.79. The number of hydrogen-bond donors (Lipinski definition) is 1. The van der Waals surface area contributed by atoms with Crippen LogP contribution in [0.5, 0.6) is 11.5 Å². The molecule has 1 heterocycles. The SMILES string of the molecule is COc1cc(OC)cc(-c2onc(C)c2C(=O)N[C@H](C)CCc2ccccc2)c1. The van der Waals surface area contributed by atoms with Gasteiger partial charge < -0.3 is 19.3 Å². The second-order valence-electron chi connectivity index (χ2n) is 6.97. The summed E-state index contributed by atoms with van der Waals surface area (Å²) in [5.41, 5.74) is 2.88. The highest BCUT2D eigenvalue weighted by atomic mass is 16.5. The first-order valence-corrected chi connectivity index (χ1v) is 9.56. The molecule has 0 saturated carbocycles. The first-order chi connectivity index (χ1) is 14.0. The van der Waals surface area contributed by atoms with Gasteiger partial charge in [0.2, 0.25) is 0 Å². The molecule has 0 spiro atoms. The van der Waals surface area contributed by atoms with Gasteiger partial charge in [-0.25, -0.2) is 0 Å². The van der Waals surface area contributed by atoms with E-state index in [1.54, 1.807) is 39.3 Å². The van der Waals surface area contributed by atoms with E-state index in [9.17, 15) is 4.79 Å². The number of methoxy groups -OCH3 is 2. The molecule has 0 aliphatic carbocycles. The van der Waals surface area contributed by atoms with E-state index in [1.165, 1.54) is 5.56 Å². The lowest BCUT2D eigenvalue weighted by atomic mass is 10.0. The van der Waals surface area contributed by atoms with Crippen LogP contribution >= 0.6 is 0 Å². The van der Waals surface area contributed by atoms with Gasteiger partial charge in [0.05, 0.1) is 19.9 Å². The fourth-order valence-corrected chi connectivity index (χ4v) is 3.17. The topological polar surface area (TPSA) is 73.6 Å². The number of amides is 1. The summed E-state index contributed by atoms with van der Waals surface area (Å²) in [6, 6.07) is 15.6. The smallest absolute Gasteiger partial charge is 0.257 e. The Labute approximate surface area is 170 Å². The third kappa shape index (κ3) is 4.96. The molecule has 3 aromatic rings. The molecule has 0 radical (unpaired) electrons. The van der Waals surface area contributed by atoms with E-state index < -0.39 is 0 Å². The first-order valence-electron chi connectivity index (χ1n) is 9.56. The van der Waals surface area contributed by atoms with Crippen molar-refractivity contribution in [2.24, 2.45) is 0 Å². The Morgan fingerprint density at radius 1 is 1.10 bits per heavy atom. The number of carbonyl (C=O) groups excluding carboxylic acids is 1. The molecule has 3 rings (SSSR count). The minimum absolute atomic E-state index is 0.00435. The van der Waals surface area contributed by atoms with Crippen LogP contribution in [0.4, 0.5) is 0 Å². The maximum absolute atomic E-state index is 13.0. The Bertz CT molecular complexity index is 944. The van der Waals surface area contributed by atoms with Gasteiger partial charge in [-0.1, -0.05) is 35.5 Å².